The van der Waals surface area contributed by atoms with E-state index in [1.165, 1.54) is 17.5 Å². The molecule has 0 atom stereocenters. The topological polar surface area (TPSA) is 46.3 Å². The highest BCUT2D eigenvalue weighted by Gasteiger charge is 2.25. The van der Waals surface area contributed by atoms with Crippen molar-refractivity contribution in [1.82, 2.24) is 5.16 Å². The van der Waals surface area contributed by atoms with Crippen LogP contribution in [-0.4, -0.2) is 18.1 Å². The summed E-state index contributed by atoms with van der Waals surface area (Å²) in [5.74, 6) is 0.810. The van der Waals surface area contributed by atoms with E-state index in [1.807, 2.05) is 18.2 Å². The van der Waals surface area contributed by atoms with E-state index in [0.29, 0.717) is 5.69 Å². The third kappa shape index (κ3) is 2.65. The lowest BCUT2D eigenvalue weighted by molar-refractivity contribution is 0.0983. The number of aryl methyl sites for hydroxylation is 3. The molecule has 0 bridgehead atoms. The molecule has 0 unspecified atom stereocenters. The van der Waals surface area contributed by atoms with Crippen LogP contribution in [0.5, 0.6) is 0 Å². The highest BCUT2D eigenvalue weighted by Crippen LogP contribution is 2.26. The Morgan fingerprint density at radius 1 is 1.14 bits per heavy atom. The van der Waals surface area contributed by atoms with Gasteiger partial charge in [0.1, 0.15) is 5.76 Å². The summed E-state index contributed by atoms with van der Waals surface area (Å²) in [5, 5.41) is 4.06. The summed E-state index contributed by atoms with van der Waals surface area (Å²) >= 11 is 0. The smallest absolute Gasteiger partial charge is 0.280 e. The van der Waals surface area contributed by atoms with Crippen LogP contribution in [0.2, 0.25) is 0 Å². The molecule has 2 aromatic rings. The van der Waals surface area contributed by atoms with Gasteiger partial charge in [-0.05, 0) is 56.4 Å². The van der Waals surface area contributed by atoms with Crippen molar-refractivity contribution < 1.29 is 9.32 Å². The number of benzene rings is 1. The van der Waals surface area contributed by atoms with Gasteiger partial charge in [0.05, 0.1) is 0 Å². The average molecular weight is 298 g/mol. The lowest BCUT2D eigenvalue weighted by atomic mass is 10.1. The maximum Gasteiger partial charge on any atom is 0.280 e. The van der Waals surface area contributed by atoms with E-state index in [1.54, 1.807) is 11.9 Å². The van der Waals surface area contributed by atoms with Gasteiger partial charge >= 0.3 is 0 Å². The molecular weight excluding hydrogens is 276 g/mol. The van der Waals surface area contributed by atoms with Crippen molar-refractivity contribution in [2.45, 2.75) is 46.0 Å². The van der Waals surface area contributed by atoms with E-state index in [0.717, 1.165) is 42.7 Å². The molecule has 0 spiro atoms. The Balaban J connectivity index is 1.90. The van der Waals surface area contributed by atoms with Gasteiger partial charge in [-0.3, -0.25) is 4.79 Å². The van der Waals surface area contributed by atoms with E-state index in [9.17, 15) is 4.79 Å². The van der Waals surface area contributed by atoms with Crippen LogP contribution >= 0.6 is 0 Å². The quantitative estimate of drug-likeness (QED) is 0.791. The molecule has 0 aliphatic heterocycles. The summed E-state index contributed by atoms with van der Waals surface area (Å²) in [6, 6.07) is 6.04. The zero-order valence-electron chi connectivity index (χ0n) is 13.5. The number of hydrogen-bond donors (Lipinski definition) is 0. The number of nitrogens with zero attached hydrogens (tertiary/aromatic N) is 2. The van der Waals surface area contributed by atoms with Gasteiger partial charge in [0.2, 0.25) is 0 Å². The van der Waals surface area contributed by atoms with Gasteiger partial charge in [0, 0.05) is 24.7 Å². The minimum atomic E-state index is -0.0878. The van der Waals surface area contributed by atoms with Crippen molar-refractivity contribution in [3.63, 3.8) is 0 Å². The van der Waals surface area contributed by atoms with Crippen LogP contribution in [0.1, 0.15) is 52.2 Å². The van der Waals surface area contributed by atoms with Crippen molar-refractivity contribution in [2.75, 3.05) is 11.9 Å². The lowest BCUT2D eigenvalue weighted by Gasteiger charge is -2.17. The minimum Gasteiger partial charge on any atom is -0.360 e. The molecule has 116 valence electrons. The van der Waals surface area contributed by atoms with Crippen molar-refractivity contribution in [2.24, 2.45) is 0 Å². The maximum atomic E-state index is 12.8. The molecule has 1 aromatic carbocycles. The summed E-state index contributed by atoms with van der Waals surface area (Å²) in [6.07, 6.45) is 5.18. The van der Waals surface area contributed by atoms with Gasteiger partial charge < -0.3 is 9.42 Å². The van der Waals surface area contributed by atoms with Crippen LogP contribution in [-0.2, 0) is 12.8 Å². The molecule has 1 aromatic heterocycles. The fourth-order valence-corrected chi connectivity index (χ4v) is 2.94. The van der Waals surface area contributed by atoms with E-state index in [-0.39, 0.29) is 5.91 Å². The third-order valence-corrected chi connectivity index (χ3v) is 4.59. The van der Waals surface area contributed by atoms with Crippen LogP contribution in [0.15, 0.2) is 22.7 Å². The van der Waals surface area contributed by atoms with E-state index in [4.69, 9.17) is 4.52 Å². The van der Waals surface area contributed by atoms with E-state index in [2.05, 4.69) is 19.0 Å². The molecule has 0 radical (unpaired) electrons. The average Bonchev–Trinajstić information content (AvgIpc) is 2.77. The number of rotatable bonds is 2. The van der Waals surface area contributed by atoms with Crippen LogP contribution in [0, 0.1) is 13.8 Å². The second-order valence-corrected chi connectivity index (χ2v) is 6.13. The molecule has 0 saturated heterocycles. The number of aromatic nitrogens is 1. The molecule has 3 rings (SSSR count). The number of carbonyl (C=O) groups is 1. The van der Waals surface area contributed by atoms with E-state index < -0.39 is 0 Å². The Morgan fingerprint density at radius 2 is 1.91 bits per heavy atom. The monoisotopic (exact) mass is 298 g/mol. The third-order valence-electron chi connectivity index (χ3n) is 4.59. The van der Waals surface area contributed by atoms with Gasteiger partial charge in [-0.2, -0.15) is 0 Å². The Morgan fingerprint density at radius 3 is 2.68 bits per heavy atom. The van der Waals surface area contributed by atoms with Crippen LogP contribution in [0.25, 0.3) is 0 Å². The molecule has 4 nitrogen and oxygen atoms in total. The number of hydrogen-bond acceptors (Lipinski definition) is 3. The van der Waals surface area contributed by atoms with Crippen molar-refractivity contribution >= 4 is 11.6 Å². The van der Waals surface area contributed by atoms with E-state index >= 15 is 0 Å². The number of amides is 1. The summed E-state index contributed by atoms with van der Waals surface area (Å²) < 4.78 is 5.42. The van der Waals surface area contributed by atoms with Gasteiger partial charge in [0.25, 0.3) is 5.91 Å². The first-order valence-corrected chi connectivity index (χ1v) is 7.90. The lowest BCUT2D eigenvalue weighted by Crippen LogP contribution is -2.27. The highest BCUT2D eigenvalue weighted by molar-refractivity contribution is 6.05. The minimum absolute atomic E-state index is 0.0878. The maximum absolute atomic E-state index is 12.8. The molecule has 0 fully saturated rings. The predicted octanol–water partition coefficient (Wildman–Crippen LogP) is 3.84. The Hall–Kier alpha value is -2.10. The molecule has 1 heterocycles. The first-order valence-electron chi connectivity index (χ1n) is 7.90. The first-order chi connectivity index (χ1) is 10.6. The zero-order chi connectivity index (χ0) is 15.7. The molecule has 4 heteroatoms. The predicted molar refractivity (Wildman–Crippen MR) is 86.4 cm³/mol. The van der Waals surface area contributed by atoms with Gasteiger partial charge in [-0.15, -0.1) is 0 Å². The molecule has 1 aliphatic carbocycles. The second kappa shape index (κ2) is 5.95. The number of fused-ring (bicyclic) bond motifs is 1. The molecule has 22 heavy (non-hydrogen) atoms. The largest absolute Gasteiger partial charge is 0.360 e. The first kappa shape index (κ1) is 14.8. The summed E-state index contributed by atoms with van der Waals surface area (Å²) in [4.78, 5) is 14.5. The van der Waals surface area contributed by atoms with Crippen molar-refractivity contribution in [3.8, 4) is 0 Å². The Kier molecular flexibility index (Phi) is 4.01. The van der Waals surface area contributed by atoms with Gasteiger partial charge in [0.15, 0.2) is 5.69 Å². The van der Waals surface area contributed by atoms with Gasteiger partial charge in [-0.1, -0.05) is 17.6 Å². The van der Waals surface area contributed by atoms with Crippen LogP contribution in [0.3, 0.4) is 0 Å². The van der Waals surface area contributed by atoms with Crippen LogP contribution in [0.4, 0.5) is 5.69 Å². The number of carbonyl (C=O) groups excluding carboxylic acids is 1. The van der Waals surface area contributed by atoms with Crippen molar-refractivity contribution in [1.29, 1.82) is 0 Å². The van der Waals surface area contributed by atoms with Crippen LogP contribution < -0.4 is 4.90 Å². The van der Waals surface area contributed by atoms with Gasteiger partial charge in [-0.25, -0.2) is 0 Å². The Bertz CT molecular complexity index is 703. The Labute approximate surface area is 131 Å². The molecular formula is C18H22N2O2. The highest BCUT2D eigenvalue weighted by atomic mass is 16.5. The number of anilines is 1. The fourth-order valence-electron chi connectivity index (χ4n) is 2.94. The molecule has 1 amide bonds. The summed E-state index contributed by atoms with van der Waals surface area (Å²) in [6.45, 7) is 4.12. The standard InChI is InChI=1S/C18H22N2O2/c1-12-9-10-14(11-13(12)2)20(3)18(21)17-15-7-5-4-6-8-16(15)22-19-17/h9-11H,4-8H2,1-3H3. The normalized spacial score (nSPS) is 14.3. The molecule has 0 N–H and O–H groups in total. The summed E-state index contributed by atoms with van der Waals surface area (Å²) in [7, 11) is 1.80. The fraction of sp³-hybridized carbons (Fsp3) is 0.444. The SMILES string of the molecule is Cc1ccc(N(C)C(=O)c2noc3c2CCCCC3)cc1C. The molecule has 0 saturated carbocycles. The van der Waals surface area contributed by atoms with Crippen molar-refractivity contribution in [3.05, 3.63) is 46.3 Å². The summed E-state index contributed by atoms with van der Waals surface area (Å²) in [5.41, 5.74) is 4.78. The molecule has 1 aliphatic rings. The second-order valence-electron chi connectivity index (χ2n) is 6.13. The zero-order valence-corrected chi connectivity index (χ0v) is 13.5.